The summed E-state index contributed by atoms with van der Waals surface area (Å²) in [6.45, 7) is 2.74. The number of ether oxygens (including phenoxy) is 2. The Kier molecular flexibility index (Phi) is 37.9. The van der Waals surface area contributed by atoms with Gasteiger partial charge in [0, 0.05) is 12.8 Å². The second-order valence-corrected chi connectivity index (χ2v) is 16.3. The van der Waals surface area contributed by atoms with Crippen molar-refractivity contribution in [3.8, 4) is 0 Å². The first kappa shape index (κ1) is 53.7. The third kappa shape index (κ3) is 38.6. The van der Waals surface area contributed by atoms with Gasteiger partial charge >= 0.3 is 25.7 Å². The Hall–Kier alpha value is -2.30. The van der Waals surface area contributed by atoms with E-state index in [0.29, 0.717) is 19.3 Å². The van der Waals surface area contributed by atoms with Gasteiger partial charge in [0.25, 0.3) is 0 Å². The lowest BCUT2D eigenvalue weighted by atomic mass is 10.1. The second kappa shape index (κ2) is 39.5. The maximum absolute atomic E-state index is 12.6. The number of esters is 2. The van der Waals surface area contributed by atoms with Crippen LogP contribution in [0.4, 0.5) is 0 Å². The molecule has 0 aromatic heterocycles. The topological polar surface area (TPSA) is 172 Å². The van der Waals surface area contributed by atoms with Crippen LogP contribution in [0.15, 0.2) is 36.5 Å². The van der Waals surface area contributed by atoms with Gasteiger partial charge in [0.05, 0.1) is 13.2 Å². The van der Waals surface area contributed by atoms with Crippen LogP contribution in [-0.4, -0.2) is 59.9 Å². The van der Waals surface area contributed by atoms with Crippen LogP contribution < -0.4 is 5.73 Å². The number of hydrogen-bond acceptors (Lipinski definition) is 9. The van der Waals surface area contributed by atoms with E-state index in [1.165, 1.54) is 116 Å². The third-order valence-corrected chi connectivity index (χ3v) is 10.3. The predicted octanol–water partition coefficient (Wildman–Crippen LogP) is 11.6. The lowest BCUT2D eigenvalue weighted by Crippen LogP contribution is -2.34. The zero-order chi connectivity index (χ0) is 41.4. The zero-order valence-corrected chi connectivity index (χ0v) is 36.1. The number of carboxylic acids is 1. The normalized spacial score (nSPS) is 14.1. The van der Waals surface area contributed by atoms with Crippen molar-refractivity contribution in [1.82, 2.24) is 0 Å². The first-order chi connectivity index (χ1) is 27.1. The Bertz CT molecular complexity index is 1100. The maximum atomic E-state index is 12.6. The summed E-state index contributed by atoms with van der Waals surface area (Å²) in [4.78, 5) is 45.9. The molecule has 12 heteroatoms. The minimum Gasteiger partial charge on any atom is -0.480 e. The summed E-state index contributed by atoms with van der Waals surface area (Å²) < 4.78 is 32.6. The third-order valence-electron chi connectivity index (χ3n) is 9.36. The van der Waals surface area contributed by atoms with Gasteiger partial charge in [-0.2, -0.15) is 0 Å². The lowest BCUT2D eigenvalue weighted by Gasteiger charge is -2.20. The monoisotopic (exact) mass is 814 g/mol. The molecular formula is C44H80NO10P. The van der Waals surface area contributed by atoms with Crippen molar-refractivity contribution in [3.05, 3.63) is 36.5 Å². The Morgan fingerprint density at radius 2 is 0.964 bits per heavy atom. The molecule has 3 atom stereocenters. The molecule has 0 aromatic carbocycles. The van der Waals surface area contributed by atoms with Crippen molar-refractivity contribution in [2.45, 2.75) is 206 Å². The molecule has 326 valence electrons. The number of rotatable bonds is 41. The molecule has 0 aliphatic heterocycles. The van der Waals surface area contributed by atoms with Crippen LogP contribution in [0.1, 0.15) is 194 Å². The summed E-state index contributed by atoms with van der Waals surface area (Å²) in [5, 5.41) is 8.88. The van der Waals surface area contributed by atoms with E-state index in [-0.39, 0.29) is 19.4 Å². The van der Waals surface area contributed by atoms with Crippen molar-refractivity contribution >= 4 is 25.7 Å². The van der Waals surface area contributed by atoms with Gasteiger partial charge in [0.1, 0.15) is 12.6 Å². The van der Waals surface area contributed by atoms with Crippen LogP contribution >= 0.6 is 7.82 Å². The minimum absolute atomic E-state index is 0.123. The lowest BCUT2D eigenvalue weighted by molar-refractivity contribution is -0.161. The smallest absolute Gasteiger partial charge is 0.472 e. The first-order valence-electron chi connectivity index (χ1n) is 22.0. The van der Waals surface area contributed by atoms with Gasteiger partial charge in [-0.25, -0.2) is 4.57 Å². The second-order valence-electron chi connectivity index (χ2n) is 14.8. The molecule has 0 rings (SSSR count). The van der Waals surface area contributed by atoms with Crippen LogP contribution in [0.2, 0.25) is 0 Å². The van der Waals surface area contributed by atoms with Gasteiger partial charge < -0.3 is 25.2 Å². The van der Waals surface area contributed by atoms with E-state index < -0.39 is 51.1 Å². The molecule has 0 bridgehead atoms. The number of hydrogen-bond donors (Lipinski definition) is 3. The molecule has 56 heavy (non-hydrogen) atoms. The summed E-state index contributed by atoms with van der Waals surface area (Å²) in [5.74, 6) is -2.46. The van der Waals surface area contributed by atoms with Gasteiger partial charge in [-0.05, 0) is 64.2 Å². The van der Waals surface area contributed by atoms with Crippen LogP contribution in [0.25, 0.3) is 0 Å². The Balaban J connectivity index is 4.44. The fourth-order valence-electron chi connectivity index (χ4n) is 5.86. The quantitative estimate of drug-likeness (QED) is 0.0232. The molecule has 0 radical (unpaired) electrons. The van der Waals surface area contributed by atoms with E-state index >= 15 is 0 Å². The molecule has 0 spiro atoms. The van der Waals surface area contributed by atoms with Gasteiger partial charge in [-0.15, -0.1) is 0 Å². The number of phosphoric ester groups is 1. The molecule has 0 saturated carbocycles. The molecule has 0 aliphatic rings. The molecule has 11 nitrogen and oxygen atoms in total. The number of nitrogens with two attached hydrogens (primary N) is 1. The van der Waals surface area contributed by atoms with Crippen molar-refractivity contribution in [3.63, 3.8) is 0 Å². The van der Waals surface area contributed by atoms with Crippen LogP contribution in [-0.2, 0) is 37.5 Å². The largest absolute Gasteiger partial charge is 0.480 e. The van der Waals surface area contributed by atoms with Crippen LogP contribution in [0, 0.1) is 0 Å². The number of unbranched alkanes of at least 4 members (excludes halogenated alkanes) is 21. The first-order valence-corrected chi connectivity index (χ1v) is 23.5. The van der Waals surface area contributed by atoms with Gasteiger partial charge in [0.2, 0.25) is 0 Å². The highest BCUT2D eigenvalue weighted by molar-refractivity contribution is 7.47. The highest BCUT2D eigenvalue weighted by Crippen LogP contribution is 2.43. The fourth-order valence-corrected chi connectivity index (χ4v) is 6.64. The van der Waals surface area contributed by atoms with Gasteiger partial charge in [-0.3, -0.25) is 23.4 Å². The number of allylic oxidation sites excluding steroid dienone is 6. The standard InChI is InChI=1S/C44H80NO10P/c1-3-5-7-9-11-13-15-17-19-20-22-23-25-27-29-31-33-35-42(46)52-37-40(38-53-56(50,51)54-39-41(45)44(48)49)55-43(47)36-34-32-30-28-26-24-21-18-16-14-12-10-8-6-4-2/h22-23,26-29,40-41H,3-21,24-25,30-39,45H2,1-2H3,(H,48,49)(H,50,51)/b23-22+,28-26+,29-27+/t40-,41+/m1/s1. The molecule has 0 aromatic rings. The summed E-state index contributed by atoms with van der Waals surface area (Å²) in [6, 6.07) is -1.53. The molecule has 0 fully saturated rings. The van der Waals surface area contributed by atoms with E-state index in [1.54, 1.807) is 0 Å². The molecular weight excluding hydrogens is 733 g/mol. The van der Waals surface area contributed by atoms with Crippen molar-refractivity contribution in [2.75, 3.05) is 19.8 Å². The van der Waals surface area contributed by atoms with Gasteiger partial charge in [0.15, 0.2) is 6.10 Å². The molecule has 0 heterocycles. The van der Waals surface area contributed by atoms with E-state index in [9.17, 15) is 23.8 Å². The Morgan fingerprint density at radius 3 is 1.46 bits per heavy atom. The SMILES string of the molecule is CCCCCCCCCCC/C=C/C/C=C/CCCC(=O)OC[C@H](COP(=O)(O)OC[C@H](N)C(=O)O)OC(=O)CCCC/C=C/CCCCCCCCCCC. The van der Waals surface area contributed by atoms with Crippen molar-refractivity contribution in [2.24, 2.45) is 5.73 Å². The fraction of sp³-hybridized carbons (Fsp3) is 0.795. The van der Waals surface area contributed by atoms with E-state index in [0.717, 1.165) is 32.1 Å². The molecule has 4 N–H and O–H groups in total. The Labute approximate surface area is 340 Å². The number of phosphoric acid groups is 1. The maximum Gasteiger partial charge on any atom is 0.472 e. The number of carboxylic acid groups (broad SMARTS) is 1. The van der Waals surface area contributed by atoms with Crippen LogP contribution in [0.5, 0.6) is 0 Å². The summed E-state index contributed by atoms with van der Waals surface area (Å²) in [6.07, 6.45) is 42.2. The summed E-state index contributed by atoms with van der Waals surface area (Å²) in [5.41, 5.74) is 5.33. The highest BCUT2D eigenvalue weighted by Gasteiger charge is 2.28. The van der Waals surface area contributed by atoms with Crippen molar-refractivity contribution < 1.29 is 47.5 Å². The molecule has 0 saturated heterocycles. The number of carbonyl (C=O) groups is 3. The molecule has 0 aliphatic carbocycles. The predicted molar refractivity (Wildman–Crippen MR) is 226 cm³/mol. The number of carbonyl (C=O) groups excluding carboxylic acids is 2. The molecule has 0 amide bonds. The van der Waals surface area contributed by atoms with E-state index in [2.05, 4.69) is 48.8 Å². The van der Waals surface area contributed by atoms with Crippen molar-refractivity contribution in [1.29, 1.82) is 0 Å². The number of aliphatic carboxylic acids is 1. The summed E-state index contributed by atoms with van der Waals surface area (Å²) >= 11 is 0. The van der Waals surface area contributed by atoms with E-state index in [1.807, 2.05) is 6.08 Å². The minimum atomic E-state index is -4.73. The highest BCUT2D eigenvalue weighted by atomic mass is 31.2. The molecule has 1 unspecified atom stereocenters. The Morgan fingerprint density at radius 1 is 0.554 bits per heavy atom. The van der Waals surface area contributed by atoms with E-state index in [4.69, 9.17) is 24.8 Å². The zero-order valence-electron chi connectivity index (χ0n) is 35.2. The average molecular weight is 814 g/mol. The van der Waals surface area contributed by atoms with Gasteiger partial charge in [-0.1, -0.05) is 153 Å². The average Bonchev–Trinajstić information content (AvgIpc) is 3.17. The van der Waals surface area contributed by atoms with Crippen LogP contribution in [0.3, 0.4) is 0 Å². The summed E-state index contributed by atoms with van der Waals surface area (Å²) in [7, 11) is -4.73.